The fourth-order valence-corrected chi connectivity index (χ4v) is 2.62. The monoisotopic (exact) mass is 270 g/mol. The minimum absolute atomic E-state index is 0.105. The van der Waals surface area contributed by atoms with Crippen LogP contribution in [0.1, 0.15) is 23.2 Å². The molecule has 1 fully saturated rings. The molecular weight excluding hydrogens is 252 g/mol. The van der Waals surface area contributed by atoms with Crippen LogP contribution >= 0.6 is 0 Å². The van der Waals surface area contributed by atoms with Gasteiger partial charge in [-0.15, -0.1) is 0 Å². The normalized spacial score (nSPS) is 22.5. The van der Waals surface area contributed by atoms with Crippen molar-refractivity contribution in [3.63, 3.8) is 0 Å². The summed E-state index contributed by atoms with van der Waals surface area (Å²) < 4.78 is 5.63. The Labute approximate surface area is 118 Å². The van der Waals surface area contributed by atoms with Crippen LogP contribution in [0.5, 0.6) is 0 Å². The number of rotatable bonds is 3. The van der Waals surface area contributed by atoms with Gasteiger partial charge >= 0.3 is 0 Å². The number of furan rings is 1. The van der Waals surface area contributed by atoms with Gasteiger partial charge in [-0.2, -0.15) is 0 Å². The van der Waals surface area contributed by atoms with Crippen molar-refractivity contribution in [2.24, 2.45) is 0 Å². The zero-order valence-electron chi connectivity index (χ0n) is 11.7. The molecule has 0 radical (unpaired) electrons. The minimum atomic E-state index is -0.196. The van der Waals surface area contributed by atoms with Crippen molar-refractivity contribution in [1.29, 1.82) is 0 Å². The minimum Gasteiger partial charge on any atom is -0.463 e. The van der Waals surface area contributed by atoms with Crippen molar-refractivity contribution in [1.82, 2.24) is 10.2 Å². The summed E-state index contributed by atoms with van der Waals surface area (Å²) in [6, 6.07) is 13.7. The molecule has 0 saturated carbocycles. The Kier molecular flexibility index (Phi) is 3.32. The van der Waals surface area contributed by atoms with Crippen molar-refractivity contribution < 1.29 is 9.21 Å². The summed E-state index contributed by atoms with van der Waals surface area (Å²) >= 11 is 0. The number of amides is 1. The van der Waals surface area contributed by atoms with Gasteiger partial charge in [-0.25, -0.2) is 0 Å². The van der Waals surface area contributed by atoms with Crippen LogP contribution in [0.15, 0.2) is 46.9 Å². The summed E-state index contributed by atoms with van der Waals surface area (Å²) in [7, 11) is 1.81. The Balaban J connectivity index is 1.77. The fourth-order valence-electron chi connectivity index (χ4n) is 2.62. The molecule has 4 nitrogen and oxygen atoms in total. The van der Waals surface area contributed by atoms with E-state index in [1.54, 1.807) is 4.90 Å². The van der Waals surface area contributed by atoms with Crippen LogP contribution in [0, 0.1) is 6.92 Å². The predicted octanol–water partition coefficient (Wildman–Crippen LogP) is 2.26. The van der Waals surface area contributed by atoms with Gasteiger partial charge in [-0.05, 0) is 31.0 Å². The zero-order valence-corrected chi connectivity index (χ0v) is 11.7. The number of carbonyl (C=O) groups is 1. The van der Waals surface area contributed by atoms with Gasteiger partial charge in [0.25, 0.3) is 0 Å². The Hall–Kier alpha value is -2.07. The molecule has 4 heteroatoms. The first-order chi connectivity index (χ1) is 9.65. The second-order valence-corrected chi connectivity index (χ2v) is 5.21. The molecule has 1 N–H and O–H groups in total. The van der Waals surface area contributed by atoms with Crippen molar-refractivity contribution >= 4 is 5.91 Å². The first-order valence-electron chi connectivity index (χ1n) is 6.78. The van der Waals surface area contributed by atoms with Crippen molar-refractivity contribution in [3.8, 4) is 0 Å². The maximum absolute atomic E-state index is 12.3. The lowest BCUT2D eigenvalue weighted by Gasteiger charge is -2.16. The lowest BCUT2D eigenvalue weighted by molar-refractivity contribution is -0.129. The number of likely N-dealkylation sites (N-methyl/N-ethyl adjacent to an activating group) is 1. The standard InChI is InChI=1S/C16H18N2O2/c1-11-8-9-14(20-11)15-17-13(16(19)18(15)2)10-12-6-4-3-5-7-12/h3-9,13,15,17H,10H2,1-2H3/t13-,15-/m1/s1. The average Bonchev–Trinajstić information content (AvgIpc) is 2.99. The lowest BCUT2D eigenvalue weighted by atomic mass is 10.1. The number of aryl methyl sites for hydroxylation is 1. The van der Waals surface area contributed by atoms with Crippen LogP contribution in [0.2, 0.25) is 0 Å². The Morgan fingerprint density at radius 2 is 1.95 bits per heavy atom. The van der Waals surface area contributed by atoms with E-state index in [0.717, 1.165) is 17.1 Å². The van der Waals surface area contributed by atoms with E-state index in [4.69, 9.17) is 4.42 Å². The molecule has 104 valence electrons. The summed E-state index contributed by atoms with van der Waals surface area (Å²) in [5.74, 6) is 1.75. The quantitative estimate of drug-likeness (QED) is 0.930. The lowest BCUT2D eigenvalue weighted by Crippen LogP contribution is -2.31. The van der Waals surface area contributed by atoms with Gasteiger partial charge in [-0.3, -0.25) is 10.1 Å². The summed E-state index contributed by atoms with van der Waals surface area (Å²) in [5, 5.41) is 3.35. The van der Waals surface area contributed by atoms with Gasteiger partial charge in [0, 0.05) is 7.05 Å². The number of carbonyl (C=O) groups excluding carboxylic acids is 1. The second kappa shape index (κ2) is 5.13. The molecular formula is C16H18N2O2. The molecule has 0 bridgehead atoms. The van der Waals surface area contributed by atoms with Crippen LogP contribution in [0.4, 0.5) is 0 Å². The van der Waals surface area contributed by atoms with E-state index in [2.05, 4.69) is 5.32 Å². The number of benzene rings is 1. The van der Waals surface area contributed by atoms with Crippen molar-refractivity contribution in [2.75, 3.05) is 7.05 Å². The summed E-state index contributed by atoms with van der Waals surface area (Å²) in [6.07, 6.45) is 0.519. The molecule has 2 aromatic rings. The first kappa shape index (κ1) is 12.9. The van der Waals surface area contributed by atoms with Gasteiger partial charge in [0.2, 0.25) is 5.91 Å². The molecule has 3 rings (SSSR count). The summed E-state index contributed by atoms with van der Waals surface area (Å²) in [6.45, 7) is 1.90. The highest BCUT2D eigenvalue weighted by Gasteiger charge is 2.38. The van der Waals surface area contributed by atoms with E-state index < -0.39 is 0 Å². The van der Waals surface area contributed by atoms with Crippen LogP contribution in [0.25, 0.3) is 0 Å². The third kappa shape index (κ3) is 2.34. The molecule has 20 heavy (non-hydrogen) atoms. The third-order valence-corrected chi connectivity index (χ3v) is 3.71. The smallest absolute Gasteiger partial charge is 0.241 e. The molecule has 0 unspecified atom stereocenters. The average molecular weight is 270 g/mol. The van der Waals surface area contributed by atoms with Crippen LogP contribution < -0.4 is 5.32 Å². The molecule has 0 spiro atoms. The summed E-state index contributed by atoms with van der Waals surface area (Å²) in [4.78, 5) is 14.0. The number of nitrogens with zero attached hydrogens (tertiary/aromatic N) is 1. The third-order valence-electron chi connectivity index (χ3n) is 3.71. The van der Waals surface area contributed by atoms with Crippen molar-refractivity contribution in [3.05, 3.63) is 59.5 Å². The van der Waals surface area contributed by atoms with E-state index in [-0.39, 0.29) is 18.1 Å². The van der Waals surface area contributed by atoms with E-state index in [1.807, 2.05) is 56.4 Å². The summed E-state index contributed by atoms with van der Waals surface area (Å²) in [5.41, 5.74) is 1.16. The van der Waals surface area contributed by atoms with Gasteiger partial charge in [-0.1, -0.05) is 30.3 Å². The van der Waals surface area contributed by atoms with E-state index in [1.165, 1.54) is 0 Å². The van der Waals surface area contributed by atoms with Gasteiger partial charge < -0.3 is 9.32 Å². The maximum atomic E-state index is 12.3. The zero-order chi connectivity index (χ0) is 14.1. The van der Waals surface area contributed by atoms with Crippen LogP contribution in [-0.2, 0) is 11.2 Å². The topological polar surface area (TPSA) is 45.5 Å². The van der Waals surface area contributed by atoms with E-state index in [9.17, 15) is 4.79 Å². The van der Waals surface area contributed by atoms with Crippen LogP contribution in [-0.4, -0.2) is 23.9 Å². The van der Waals surface area contributed by atoms with Crippen LogP contribution in [0.3, 0.4) is 0 Å². The molecule has 1 aliphatic heterocycles. The van der Waals surface area contributed by atoms with E-state index in [0.29, 0.717) is 6.42 Å². The maximum Gasteiger partial charge on any atom is 0.241 e. The van der Waals surface area contributed by atoms with Gasteiger partial charge in [0.05, 0.1) is 6.04 Å². The van der Waals surface area contributed by atoms with Gasteiger partial charge in [0.1, 0.15) is 17.7 Å². The Bertz CT molecular complexity index is 606. The predicted molar refractivity (Wildman–Crippen MR) is 76.0 cm³/mol. The highest BCUT2D eigenvalue weighted by Crippen LogP contribution is 2.26. The molecule has 1 saturated heterocycles. The number of nitrogens with one attached hydrogen (secondary N) is 1. The Morgan fingerprint density at radius 1 is 1.20 bits per heavy atom. The second-order valence-electron chi connectivity index (χ2n) is 5.21. The first-order valence-corrected chi connectivity index (χ1v) is 6.78. The molecule has 2 atom stereocenters. The highest BCUT2D eigenvalue weighted by atomic mass is 16.3. The SMILES string of the molecule is Cc1ccc([C@@H]2N[C@H](Cc3ccccc3)C(=O)N2C)o1. The number of hydrogen-bond acceptors (Lipinski definition) is 3. The number of hydrogen-bond donors (Lipinski definition) is 1. The van der Waals surface area contributed by atoms with Gasteiger partial charge in [0.15, 0.2) is 0 Å². The molecule has 2 heterocycles. The van der Waals surface area contributed by atoms with E-state index >= 15 is 0 Å². The molecule has 1 amide bonds. The molecule has 1 aromatic carbocycles. The largest absolute Gasteiger partial charge is 0.463 e. The fraction of sp³-hybridized carbons (Fsp3) is 0.312. The molecule has 1 aliphatic rings. The molecule has 1 aromatic heterocycles. The van der Waals surface area contributed by atoms with Crippen molar-refractivity contribution in [2.45, 2.75) is 25.6 Å². The highest BCUT2D eigenvalue weighted by molar-refractivity contribution is 5.84. The Morgan fingerprint density at radius 3 is 2.60 bits per heavy atom. The molecule has 0 aliphatic carbocycles.